The number of aliphatic hydroxyl groups is 1. The molecule has 4 N–H and O–H groups in total. The van der Waals surface area contributed by atoms with Gasteiger partial charge in [0.2, 0.25) is 0 Å². The molecule has 0 aromatic heterocycles. The van der Waals surface area contributed by atoms with Crippen LogP contribution in [0, 0.1) is 11.3 Å². The average molecular weight is 563 g/mol. The normalized spacial score (nSPS) is 21.9. The van der Waals surface area contributed by atoms with Crippen LogP contribution in [0.2, 0.25) is 0 Å². The maximum absolute atomic E-state index is 13.5. The summed E-state index contributed by atoms with van der Waals surface area (Å²) in [7, 11) is 0. The molecule has 2 atom stereocenters. The van der Waals surface area contributed by atoms with Gasteiger partial charge in [-0.2, -0.15) is 5.43 Å². The van der Waals surface area contributed by atoms with Crippen molar-refractivity contribution in [1.29, 1.82) is 0 Å². The largest absolute Gasteiger partial charge is 0.573 e. The molecule has 1 aliphatic heterocycles. The lowest BCUT2D eigenvalue weighted by atomic mass is 9.71. The number of hydrogen-bond donors (Lipinski definition) is 4. The number of carbonyl (C=O) groups excluding carboxylic acids is 1. The molecule has 1 heterocycles. The van der Waals surface area contributed by atoms with E-state index in [0.29, 0.717) is 24.6 Å². The number of anilines is 1. The van der Waals surface area contributed by atoms with Crippen LogP contribution in [-0.4, -0.2) is 34.6 Å². The Morgan fingerprint density at radius 1 is 1.07 bits per heavy atom. The van der Waals surface area contributed by atoms with Crippen molar-refractivity contribution >= 4 is 11.7 Å². The predicted molar refractivity (Wildman–Crippen MR) is 144 cm³/mol. The van der Waals surface area contributed by atoms with E-state index in [1.807, 2.05) is 24.3 Å². The summed E-state index contributed by atoms with van der Waals surface area (Å²) in [5.41, 5.74) is 7.58. The number of urea groups is 1. The van der Waals surface area contributed by atoms with Crippen molar-refractivity contribution < 1.29 is 27.8 Å². The van der Waals surface area contributed by atoms with Crippen LogP contribution in [0.3, 0.4) is 0 Å². The first kappa shape index (κ1) is 29.6. The Labute approximate surface area is 232 Å². The van der Waals surface area contributed by atoms with Gasteiger partial charge in [-0.05, 0) is 72.4 Å². The highest BCUT2D eigenvalue weighted by molar-refractivity contribution is 5.89. The topological polar surface area (TPSA) is 111 Å². The van der Waals surface area contributed by atoms with Crippen LogP contribution in [0.5, 0.6) is 5.75 Å². The Bertz CT molecular complexity index is 1140. The van der Waals surface area contributed by atoms with Crippen LogP contribution in [0.1, 0.15) is 70.1 Å². The molecule has 2 aromatic rings. The van der Waals surface area contributed by atoms with Crippen LogP contribution in [-0.2, 0) is 6.54 Å². The summed E-state index contributed by atoms with van der Waals surface area (Å²) in [6.45, 7) is 7.08. The molecule has 1 saturated carbocycles. The van der Waals surface area contributed by atoms with Gasteiger partial charge >= 0.3 is 12.4 Å². The Kier molecular flexibility index (Phi) is 9.19. The smallest absolute Gasteiger partial charge is 0.406 e. The van der Waals surface area contributed by atoms with Gasteiger partial charge in [0.1, 0.15) is 11.9 Å². The lowest BCUT2D eigenvalue weighted by Crippen LogP contribution is -2.45. The van der Waals surface area contributed by atoms with Gasteiger partial charge in [0.15, 0.2) is 0 Å². The number of rotatable bonds is 8. The maximum atomic E-state index is 13.5. The third-order valence-electron chi connectivity index (χ3n) is 7.60. The molecule has 0 radical (unpaired) electrons. The number of aliphatic hydroxyl groups excluding tert-OH is 1. The monoisotopic (exact) mass is 562 g/mol. The van der Waals surface area contributed by atoms with Crippen molar-refractivity contribution in [3.8, 4) is 5.75 Å². The second-order valence-electron chi connectivity index (χ2n) is 11.5. The standard InChI is InChI=1S/C28H37F3N6O3/c1-27(2,3)20-8-12-22(13-9-20)37(26(39)32-21-10-14-23(15-11-21)40-28(29,30)31)17-18-4-6-19(7-5-18)24(38)16-25-33-35-36-34-25/h4-7,10-11,14-15,20,22,24-25,38H,8-9,12-13,16-17H2,1-3H3,(H,32,39)(H,33,36)(H,34,35). The van der Waals surface area contributed by atoms with E-state index in [4.69, 9.17) is 0 Å². The number of hydrogen-bond acceptors (Lipinski definition) is 7. The fraction of sp³-hybridized carbons (Fsp3) is 0.536. The lowest BCUT2D eigenvalue weighted by Gasteiger charge is -2.41. The zero-order valence-corrected chi connectivity index (χ0v) is 22.9. The molecule has 1 aliphatic carbocycles. The highest BCUT2D eigenvalue weighted by Gasteiger charge is 2.34. The van der Waals surface area contributed by atoms with Crippen molar-refractivity contribution in [2.24, 2.45) is 21.7 Å². The number of alkyl halides is 3. The minimum atomic E-state index is -4.78. The first-order valence-corrected chi connectivity index (χ1v) is 13.5. The number of ether oxygens (including phenoxy) is 1. The Hall–Kier alpha value is -3.38. The number of nitrogens with one attached hydrogen (secondary N) is 3. The summed E-state index contributed by atoms with van der Waals surface area (Å²) in [6.07, 6.45) is -1.73. The van der Waals surface area contributed by atoms with Gasteiger partial charge in [-0.3, -0.25) is 0 Å². The van der Waals surface area contributed by atoms with Gasteiger partial charge in [0.25, 0.3) is 0 Å². The number of amides is 2. The van der Waals surface area contributed by atoms with E-state index in [1.54, 1.807) is 4.90 Å². The fourth-order valence-corrected chi connectivity index (χ4v) is 5.28. The number of nitrogens with zero attached hydrogens (tertiary/aromatic N) is 3. The highest BCUT2D eigenvalue weighted by Crippen LogP contribution is 2.39. The van der Waals surface area contributed by atoms with Crippen molar-refractivity contribution in [2.45, 2.75) is 84.1 Å². The molecular weight excluding hydrogens is 525 g/mol. The van der Waals surface area contributed by atoms with E-state index in [1.165, 1.54) is 24.3 Å². The molecule has 2 aliphatic rings. The van der Waals surface area contributed by atoms with Crippen LogP contribution in [0.4, 0.5) is 23.7 Å². The van der Waals surface area contributed by atoms with E-state index in [-0.39, 0.29) is 29.4 Å². The Morgan fingerprint density at radius 2 is 1.73 bits per heavy atom. The molecule has 2 unspecified atom stereocenters. The van der Waals surface area contributed by atoms with Gasteiger partial charge < -0.3 is 20.1 Å². The third kappa shape index (κ3) is 8.31. The summed E-state index contributed by atoms with van der Waals surface area (Å²) < 4.78 is 41.4. The first-order valence-electron chi connectivity index (χ1n) is 13.5. The first-order chi connectivity index (χ1) is 18.9. The van der Waals surface area contributed by atoms with E-state index in [0.717, 1.165) is 36.8 Å². The van der Waals surface area contributed by atoms with Crippen LogP contribution in [0.15, 0.2) is 58.9 Å². The summed E-state index contributed by atoms with van der Waals surface area (Å²) in [4.78, 5) is 15.3. The number of benzene rings is 2. The zero-order chi connectivity index (χ0) is 28.9. The third-order valence-corrected chi connectivity index (χ3v) is 7.60. The quantitative estimate of drug-likeness (QED) is 0.296. The lowest BCUT2D eigenvalue weighted by molar-refractivity contribution is -0.274. The average Bonchev–Trinajstić information content (AvgIpc) is 3.40. The maximum Gasteiger partial charge on any atom is 0.573 e. The second kappa shape index (κ2) is 12.4. The van der Waals surface area contributed by atoms with Gasteiger partial charge in [-0.1, -0.05) is 50.3 Å². The van der Waals surface area contributed by atoms with E-state index >= 15 is 0 Å². The minimum Gasteiger partial charge on any atom is -0.406 e. The zero-order valence-electron chi connectivity index (χ0n) is 22.9. The second-order valence-corrected chi connectivity index (χ2v) is 11.5. The highest BCUT2D eigenvalue weighted by atomic mass is 19.4. The number of halogens is 3. The van der Waals surface area contributed by atoms with E-state index in [2.05, 4.69) is 52.1 Å². The van der Waals surface area contributed by atoms with Gasteiger partial charge in [0.05, 0.1) is 6.10 Å². The molecule has 0 saturated heterocycles. The Morgan fingerprint density at radius 3 is 2.27 bits per heavy atom. The van der Waals surface area contributed by atoms with Crippen LogP contribution in [0.25, 0.3) is 0 Å². The molecule has 1 fully saturated rings. The van der Waals surface area contributed by atoms with Crippen LogP contribution < -0.4 is 21.0 Å². The molecule has 0 spiro atoms. The van der Waals surface area contributed by atoms with Crippen molar-refractivity contribution in [3.05, 3.63) is 59.7 Å². The minimum absolute atomic E-state index is 0.0167. The molecular formula is C28H37F3N6O3. The SMILES string of the molecule is CC(C)(C)C1CCC(N(Cc2ccc(C(O)CC3N=NNN3)cc2)C(=O)Nc2ccc(OC(F)(F)F)cc2)CC1. The summed E-state index contributed by atoms with van der Waals surface area (Å²) in [6, 6.07) is 12.3. The predicted octanol–water partition coefficient (Wildman–Crippen LogP) is 6.45. The molecule has 12 heteroatoms. The molecule has 9 nitrogen and oxygen atoms in total. The molecule has 218 valence electrons. The van der Waals surface area contributed by atoms with Gasteiger partial charge in [0, 0.05) is 24.7 Å². The van der Waals surface area contributed by atoms with E-state index in [9.17, 15) is 23.1 Å². The van der Waals surface area contributed by atoms with Crippen molar-refractivity contribution in [2.75, 3.05) is 5.32 Å². The van der Waals surface area contributed by atoms with E-state index < -0.39 is 12.5 Å². The number of carbonyl (C=O) groups is 1. The summed E-state index contributed by atoms with van der Waals surface area (Å²) in [5.74, 6) is 0.216. The van der Waals surface area contributed by atoms with Crippen molar-refractivity contribution in [3.63, 3.8) is 0 Å². The molecule has 0 bridgehead atoms. The summed E-state index contributed by atoms with van der Waals surface area (Å²) >= 11 is 0. The van der Waals surface area contributed by atoms with Gasteiger partial charge in [-0.15, -0.1) is 18.3 Å². The Balaban J connectivity index is 1.45. The van der Waals surface area contributed by atoms with Crippen molar-refractivity contribution in [1.82, 2.24) is 15.9 Å². The molecule has 40 heavy (non-hydrogen) atoms. The van der Waals surface area contributed by atoms with Crippen LogP contribution >= 0.6 is 0 Å². The molecule has 2 aromatic carbocycles. The fourth-order valence-electron chi connectivity index (χ4n) is 5.28. The van der Waals surface area contributed by atoms with Gasteiger partial charge in [-0.25, -0.2) is 10.3 Å². The number of hydrazine groups is 1. The molecule has 2 amide bonds. The summed E-state index contributed by atoms with van der Waals surface area (Å²) in [5, 5.41) is 21.0. The molecule has 4 rings (SSSR count).